The Balaban J connectivity index is 1.91. The summed E-state index contributed by atoms with van der Waals surface area (Å²) in [5.74, 6) is -0.575. The van der Waals surface area contributed by atoms with Gasteiger partial charge in [0.05, 0.1) is 11.1 Å². The molecule has 4 nitrogen and oxygen atoms in total. The van der Waals surface area contributed by atoms with Crippen LogP contribution < -0.4 is 5.73 Å². The minimum Gasteiger partial charge on any atom is -0.464 e. The van der Waals surface area contributed by atoms with Crippen molar-refractivity contribution < 1.29 is 27.4 Å². The second kappa shape index (κ2) is 5.31. The molecule has 2 unspecified atom stereocenters. The molecule has 0 spiro atoms. The van der Waals surface area contributed by atoms with E-state index in [4.69, 9.17) is 15.2 Å². The molecule has 7 heteroatoms. The lowest BCUT2D eigenvalue weighted by molar-refractivity contribution is -0.137. The smallest absolute Gasteiger partial charge is 0.416 e. The van der Waals surface area contributed by atoms with E-state index in [9.17, 15) is 18.0 Å². The average molecular weight is 313 g/mol. The number of Topliss-reactive ketones (excluding diaryl/α,β-unsaturated/α-hetero) is 1. The molecule has 0 aliphatic carbocycles. The van der Waals surface area contributed by atoms with Crippen LogP contribution in [0.2, 0.25) is 0 Å². The van der Waals surface area contributed by atoms with Gasteiger partial charge < -0.3 is 15.2 Å². The molecule has 2 N–H and O–H groups in total. The van der Waals surface area contributed by atoms with Crippen molar-refractivity contribution in [3.05, 3.63) is 41.3 Å². The molecular weight excluding hydrogens is 299 g/mol. The van der Waals surface area contributed by atoms with E-state index < -0.39 is 29.7 Å². The Morgan fingerprint density at radius 1 is 1.27 bits per heavy atom. The van der Waals surface area contributed by atoms with Crippen LogP contribution in [0.5, 0.6) is 0 Å². The predicted molar refractivity (Wildman–Crippen MR) is 71.4 cm³/mol. The Morgan fingerprint density at radius 3 is 2.68 bits per heavy atom. The first-order chi connectivity index (χ1) is 10.4. The molecule has 0 saturated carbocycles. The van der Waals surface area contributed by atoms with Gasteiger partial charge in [0.1, 0.15) is 6.10 Å². The minimum absolute atomic E-state index is 0.00778. The number of alkyl halides is 3. The fraction of sp³-hybridized carbons (Fsp3) is 0.400. The Kier molecular flexibility index (Phi) is 3.60. The van der Waals surface area contributed by atoms with Crippen LogP contribution in [0.25, 0.3) is 5.57 Å². The predicted octanol–water partition coefficient (Wildman–Crippen LogP) is 2.48. The van der Waals surface area contributed by atoms with Gasteiger partial charge in [0.15, 0.2) is 12.0 Å². The highest BCUT2D eigenvalue weighted by atomic mass is 19.4. The lowest BCUT2D eigenvalue weighted by atomic mass is 9.96. The molecule has 2 atom stereocenters. The number of rotatable bonds is 2. The van der Waals surface area contributed by atoms with Gasteiger partial charge in [-0.05, 0) is 30.5 Å². The van der Waals surface area contributed by atoms with Crippen molar-refractivity contribution in [2.45, 2.75) is 31.2 Å². The number of hydrogen-bond donors (Lipinski definition) is 1. The van der Waals surface area contributed by atoms with E-state index in [1.54, 1.807) is 0 Å². The summed E-state index contributed by atoms with van der Waals surface area (Å²) in [4.78, 5) is 12.4. The largest absolute Gasteiger partial charge is 0.464 e. The maximum atomic E-state index is 12.8. The van der Waals surface area contributed by atoms with Crippen molar-refractivity contribution in [2.75, 3.05) is 6.61 Å². The standard InChI is InChI=1S/C15H14F3NO3/c16-15(17,18)9-4-1-3-8(7-9)11-12(20)13(22-14(11)19)10-5-2-6-21-10/h1,3-4,7,10,13H,2,5-6,19H2. The van der Waals surface area contributed by atoms with Crippen LogP contribution in [-0.4, -0.2) is 24.6 Å². The van der Waals surface area contributed by atoms with Gasteiger partial charge in [0, 0.05) is 6.61 Å². The molecular formula is C15H14F3NO3. The number of ether oxygens (including phenoxy) is 2. The minimum atomic E-state index is -4.48. The number of carbonyl (C=O) groups is 1. The molecule has 1 aromatic carbocycles. The van der Waals surface area contributed by atoms with Gasteiger partial charge in [-0.25, -0.2) is 0 Å². The fourth-order valence-electron chi connectivity index (χ4n) is 2.73. The second-order valence-corrected chi connectivity index (χ2v) is 5.27. The van der Waals surface area contributed by atoms with E-state index in [2.05, 4.69) is 0 Å². The molecule has 2 heterocycles. The third-order valence-electron chi connectivity index (χ3n) is 3.79. The summed E-state index contributed by atoms with van der Waals surface area (Å²) in [6.07, 6.45) is -4.26. The molecule has 22 heavy (non-hydrogen) atoms. The Hall–Kier alpha value is -2.02. The van der Waals surface area contributed by atoms with E-state index >= 15 is 0 Å². The quantitative estimate of drug-likeness (QED) is 0.911. The highest BCUT2D eigenvalue weighted by Crippen LogP contribution is 2.35. The maximum Gasteiger partial charge on any atom is 0.416 e. The summed E-state index contributed by atoms with van der Waals surface area (Å²) >= 11 is 0. The van der Waals surface area contributed by atoms with E-state index in [0.29, 0.717) is 13.0 Å². The summed E-state index contributed by atoms with van der Waals surface area (Å²) in [6.45, 7) is 0.538. The zero-order valence-electron chi connectivity index (χ0n) is 11.5. The average Bonchev–Trinajstić information content (AvgIpc) is 3.06. The van der Waals surface area contributed by atoms with Gasteiger partial charge in [0.25, 0.3) is 0 Å². The zero-order chi connectivity index (χ0) is 15.9. The summed E-state index contributed by atoms with van der Waals surface area (Å²) in [6, 6.07) is 4.50. The van der Waals surface area contributed by atoms with E-state index in [0.717, 1.165) is 18.6 Å². The second-order valence-electron chi connectivity index (χ2n) is 5.27. The van der Waals surface area contributed by atoms with Crippen molar-refractivity contribution in [1.82, 2.24) is 0 Å². The topological polar surface area (TPSA) is 61.6 Å². The Bertz CT molecular complexity index is 633. The van der Waals surface area contributed by atoms with Gasteiger partial charge in [0.2, 0.25) is 5.78 Å². The van der Waals surface area contributed by atoms with Crippen LogP contribution in [-0.2, 0) is 20.4 Å². The summed E-state index contributed by atoms with van der Waals surface area (Å²) in [5, 5.41) is 0. The summed E-state index contributed by atoms with van der Waals surface area (Å²) < 4.78 is 49.1. The van der Waals surface area contributed by atoms with Crippen molar-refractivity contribution in [3.63, 3.8) is 0 Å². The first-order valence-corrected chi connectivity index (χ1v) is 6.88. The number of benzene rings is 1. The first-order valence-electron chi connectivity index (χ1n) is 6.88. The lowest BCUT2D eigenvalue weighted by Crippen LogP contribution is -2.32. The van der Waals surface area contributed by atoms with Crippen molar-refractivity contribution in [2.24, 2.45) is 5.73 Å². The summed E-state index contributed by atoms with van der Waals surface area (Å²) in [5.41, 5.74) is 4.99. The van der Waals surface area contributed by atoms with Crippen molar-refractivity contribution >= 4 is 11.4 Å². The molecule has 0 radical (unpaired) electrons. The van der Waals surface area contributed by atoms with Crippen LogP contribution in [0, 0.1) is 0 Å². The Labute approximate surface area is 124 Å². The molecule has 0 amide bonds. The first kappa shape index (κ1) is 14.9. The maximum absolute atomic E-state index is 12.8. The van der Waals surface area contributed by atoms with Crippen LogP contribution >= 0.6 is 0 Å². The number of nitrogens with two attached hydrogens (primary N) is 1. The zero-order valence-corrected chi connectivity index (χ0v) is 11.5. The van der Waals surface area contributed by atoms with Crippen LogP contribution in [0.1, 0.15) is 24.0 Å². The highest BCUT2D eigenvalue weighted by Gasteiger charge is 2.42. The molecule has 2 aliphatic rings. The van der Waals surface area contributed by atoms with Gasteiger partial charge in [-0.15, -0.1) is 0 Å². The van der Waals surface area contributed by atoms with Crippen molar-refractivity contribution in [3.8, 4) is 0 Å². The third-order valence-corrected chi connectivity index (χ3v) is 3.79. The molecule has 0 aromatic heterocycles. The SMILES string of the molecule is NC1=C(c2cccc(C(F)(F)F)c2)C(=O)C(C2CCCO2)O1. The van der Waals surface area contributed by atoms with Crippen LogP contribution in [0.3, 0.4) is 0 Å². The van der Waals surface area contributed by atoms with E-state index in [1.807, 2.05) is 0 Å². The molecule has 3 rings (SSSR count). The van der Waals surface area contributed by atoms with E-state index in [1.165, 1.54) is 12.1 Å². The van der Waals surface area contributed by atoms with Gasteiger partial charge in [-0.2, -0.15) is 13.2 Å². The number of hydrogen-bond acceptors (Lipinski definition) is 4. The number of carbonyl (C=O) groups excluding carboxylic acids is 1. The molecule has 0 bridgehead atoms. The highest BCUT2D eigenvalue weighted by molar-refractivity contribution is 6.25. The Morgan fingerprint density at radius 2 is 2.05 bits per heavy atom. The molecule has 1 aromatic rings. The van der Waals surface area contributed by atoms with E-state index in [-0.39, 0.29) is 17.0 Å². The summed E-state index contributed by atoms with van der Waals surface area (Å²) in [7, 11) is 0. The number of ketones is 1. The molecule has 1 fully saturated rings. The number of halogens is 3. The molecule has 118 valence electrons. The van der Waals surface area contributed by atoms with Gasteiger partial charge in [-0.1, -0.05) is 12.1 Å². The van der Waals surface area contributed by atoms with Crippen molar-refractivity contribution in [1.29, 1.82) is 0 Å². The molecule has 1 saturated heterocycles. The molecule has 2 aliphatic heterocycles. The van der Waals surface area contributed by atoms with Gasteiger partial charge in [-0.3, -0.25) is 4.79 Å². The normalized spacial score (nSPS) is 25.7. The van der Waals surface area contributed by atoms with Gasteiger partial charge >= 0.3 is 6.18 Å². The van der Waals surface area contributed by atoms with Crippen LogP contribution in [0.15, 0.2) is 30.1 Å². The lowest BCUT2D eigenvalue weighted by Gasteiger charge is -2.16. The third kappa shape index (κ3) is 2.56. The van der Waals surface area contributed by atoms with Crippen LogP contribution in [0.4, 0.5) is 13.2 Å². The monoisotopic (exact) mass is 313 g/mol. The fourth-order valence-corrected chi connectivity index (χ4v) is 2.73.